The molecule has 1 unspecified atom stereocenters. The van der Waals surface area contributed by atoms with Crippen LogP contribution in [0.4, 0.5) is 5.69 Å². The minimum Gasteiger partial charge on any atom is -0.357 e. The van der Waals surface area contributed by atoms with Crippen molar-refractivity contribution in [2.75, 3.05) is 30.7 Å². The molecular weight excluding hydrogens is 402 g/mol. The summed E-state index contributed by atoms with van der Waals surface area (Å²) in [4.78, 5) is 27.2. The lowest BCUT2D eigenvalue weighted by Gasteiger charge is -2.32. The molecule has 0 aliphatic rings. The van der Waals surface area contributed by atoms with Crippen LogP contribution in [-0.4, -0.2) is 57.6 Å². The summed E-state index contributed by atoms with van der Waals surface area (Å²) in [5.41, 5.74) is 1.44. The molecule has 0 fully saturated rings. The predicted octanol–water partition coefficient (Wildman–Crippen LogP) is 2.05. The molecule has 1 atom stereocenters. The summed E-state index contributed by atoms with van der Waals surface area (Å²) in [6.07, 6.45) is 2.05. The molecule has 0 aromatic heterocycles. The Labute approximate surface area is 178 Å². The molecule has 2 aromatic carbocycles. The van der Waals surface area contributed by atoms with Gasteiger partial charge in [-0.15, -0.1) is 0 Å². The van der Waals surface area contributed by atoms with Gasteiger partial charge in [-0.3, -0.25) is 13.9 Å². The largest absolute Gasteiger partial charge is 0.357 e. The molecule has 0 aliphatic heterocycles. The van der Waals surface area contributed by atoms with Crippen molar-refractivity contribution in [2.24, 2.45) is 0 Å². The Balaban J connectivity index is 2.30. The van der Waals surface area contributed by atoms with Crippen LogP contribution in [0.5, 0.6) is 0 Å². The van der Waals surface area contributed by atoms with Gasteiger partial charge < -0.3 is 10.2 Å². The zero-order valence-corrected chi connectivity index (χ0v) is 18.4. The van der Waals surface area contributed by atoms with Crippen LogP contribution >= 0.6 is 0 Å². The van der Waals surface area contributed by atoms with Crippen molar-refractivity contribution in [1.82, 2.24) is 10.2 Å². The number of hydrogen-bond donors (Lipinski definition) is 1. The van der Waals surface area contributed by atoms with Crippen LogP contribution in [0.15, 0.2) is 60.7 Å². The average Bonchev–Trinajstić information content (AvgIpc) is 2.74. The lowest BCUT2D eigenvalue weighted by atomic mass is 10.1. The van der Waals surface area contributed by atoms with E-state index in [0.29, 0.717) is 25.1 Å². The number of para-hydroxylation sites is 1. The minimum atomic E-state index is -3.69. The first kappa shape index (κ1) is 23.4. The van der Waals surface area contributed by atoms with E-state index >= 15 is 0 Å². The molecule has 2 amide bonds. The van der Waals surface area contributed by atoms with Gasteiger partial charge in [0.2, 0.25) is 21.8 Å². The first-order valence-corrected chi connectivity index (χ1v) is 11.7. The lowest BCUT2D eigenvalue weighted by Crippen LogP contribution is -2.52. The summed E-state index contributed by atoms with van der Waals surface area (Å²) in [7, 11) is -2.16. The molecule has 0 bridgehead atoms. The number of sulfonamides is 1. The second-order valence-electron chi connectivity index (χ2n) is 6.97. The van der Waals surface area contributed by atoms with E-state index in [0.717, 1.165) is 16.1 Å². The smallest absolute Gasteiger partial charge is 0.244 e. The molecule has 162 valence electrons. The van der Waals surface area contributed by atoms with Crippen LogP contribution in [0.25, 0.3) is 0 Å². The second-order valence-corrected chi connectivity index (χ2v) is 8.87. The summed E-state index contributed by atoms with van der Waals surface area (Å²) < 4.78 is 25.8. The lowest BCUT2D eigenvalue weighted by molar-refractivity contribution is -0.139. The van der Waals surface area contributed by atoms with E-state index in [1.807, 2.05) is 37.3 Å². The molecule has 0 saturated heterocycles. The van der Waals surface area contributed by atoms with Crippen LogP contribution in [0, 0.1) is 0 Å². The molecule has 30 heavy (non-hydrogen) atoms. The fourth-order valence-corrected chi connectivity index (χ4v) is 4.12. The highest BCUT2D eigenvalue weighted by atomic mass is 32.2. The summed E-state index contributed by atoms with van der Waals surface area (Å²) in [6.45, 7) is 1.76. The third-order valence-electron chi connectivity index (χ3n) is 4.84. The highest BCUT2D eigenvalue weighted by Crippen LogP contribution is 2.18. The van der Waals surface area contributed by atoms with Crippen LogP contribution in [0.2, 0.25) is 0 Å². The van der Waals surface area contributed by atoms with E-state index in [1.54, 1.807) is 30.3 Å². The van der Waals surface area contributed by atoms with E-state index in [1.165, 1.54) is 11.9 Å². The molecular formula is C22H29N3O4S. The van der Waals surface area contributed by atoms with Gasteiger partial charge in [-0.2, -0.15) is 0 Å². The highest BCUT2D eigenvalue weighted by molar-refractivity contribution is 7.92. The fourth-order valence-electron chi connectivity index (χ4n) is 3.27. The van der Waals surface area contributed by atoms with Gasteiger partial charge in [-0.1, -0.05) is 55.5 Å². The minimum absolute atomic E-state index is 0.274. The maximum absolute atomic E-state index is 13.3. The van der Waals surface area contributed by atoms with E-state index in [2.05, 4.69) is 5.32 Å². The fraction of sp³-hybridized carbons (Fsp3) is 0.364. The third kappa shape index (κ3) is 6.32. The predicted molar refractivity (Wildman–Crippen MR) is 119 cm³/mol. The first-order chi connectivity index (χ1) is 14.3. The topological polar surface area (TPSA) is 86.8 Å². The Morgan fingerprint density at radius 3 is 2.07 bits per heavy atom. The van der Waals surface area contributed by atoms with E-state index < -0.39 is 22.0 Å². The van der Waals surface area contributed by atoms with Crippen LogP contribution in [0.3, 0.4) is 0 Å². The number of amides is 2. The molecule has 0 spiro atoms. The maximum atomic E-state index is 13.3. The Morgan fingerprint density at radius 2 is 1.57 bits per heavy atom. The zero-order chi connectivity index (χ0) is 22.1. The van der Waals surface area contributed by atoms with E-state index in [4.69, 9.17) is 0 Å². The molecule has 0 aliphatic carbocycles. The second kappa shape index (κ2) is 10.8. The number of hydrogen-bond acceptors (Lipinski definition) is 4. The van der Waals surface area contributed by atoms with Crippen molar-refractivity contribution in [3.8, 4) is 0 Å². The van der Waals surface area contributed by atoms with Crippen molar-refractivity contribution >= 4 is 27.5 Å². The van der Waals surface area contributed by atoms with Crippen molar-refractivity contribution in [3.63, 3.8) is 0 Å². The first-order valence-electron chi connectivity index (χ1n) is 9.85. The van der Waals surface area contributed by atoms with Gasteiger partial charge in [-0.05, 0) is 30.5 Å². The number of nitrogens with one attached hydrogen (secondary N) is 1. The third-order valence-corrected chi connectivity index (χ3v) is 5.98. The van der Waals surface area contributed by atoms with Gasteiger partial charge in [0.05, 0.1) is 11.9 Å². The van der Waals surface area contributed by atoms with Gasteiger partial charge in [0.25, 0.3) is 0 Å². The average molecular weight is 432 g/mol. The molecule has 8 heteroatoms. The normalized spacial score (nSPS) is 12.1. The van der Waals surface area contributed by atoms with Gasteiger partial charge in [0, 0.05) is 13.6 Å². The maximum Gasteiger partial charge on any atom is 0.244 e. The van der Waals surface area contributed by atoms with Gasteiger partial charge >= 0.3 is 0 Å². The van der Waals surface area contributed by atoms with Crippen molar-refractivity contribution < 1.29 is 18.0 Å². The number of likely N-dealkylation sites (N-methyl/N-ethyl adjacent to an activating group) is 1. The van der Waals surface area contributed by atoms with Crippen molar-refractivity contribution in [3.05, 3.63) is 66.2 Å². The number of anilines is 1. The van der Waals surface area contributed by atoms with Gasteiger partial charge in [0.1, 0.15) is 12.6 Å². The number of nitrogens with zero attached hydrogens (tertiary/aromatic N) is 2. The Kier molecular flexibility index (Phi) is 8.41. The van der Waals surface area contributed by atoms with Crippen molar-refractivity contribution in [2.45, 2.75) is 25.8 Å². The monoisotopic (exact) mass is 431 g/mol. The SMILES string of the molecule is CCC(C(=O)NC)N(CCc1ccccc1)C(=O)CN(c1ccccc1)S(C)(=O)=O. The highest BCUT2D eigenvalue weighted by Gasteiger charge is 2.30. The Morgan fingerprint density at radius 1 is 1.00 bits per heavy atom. The molecule has 2 rings (SSSR count). The molecule has 0 radical (unpaired) electrons. The van der Waals surface area contributed by atoms with E-state index in [-0.39, 0.29) is 12.5 Å². The molecule has 1 N–H and O–H groups in total. The number of rotatable bonds is 10. The molecule has 0 saturated carbocycles. The Hall–Kier alpha value is -2.87. The number of carbonyl (C=O) groups is 2. The Bertz CT molecular complexity index is 933. The van der Waals surface area contributed by atoms with E-state index in [9.17, 15) is 18.0 Å². The number of carbonyl (C=O) groups excluding carboxylic acids is 2. The molecule has 7 nitrogen and oxygen atoms in total. The van der Waals surface area contributed by atoms with Gasteiger partial charge in [-0.25, -0.2) is 8.42 Å². The van der Waals surface area contributed by atoms with Crippen LogP contribution in [0.1, 0.15) is 18.9 Å². The summed E-state index contributed by atoms with van der Waals surface area (Å²) >= 11 is 0. The van der Waals surface area contributed by atoms with Crippen molar-refractivity contribution in [1.29, 1.82) is 0 Å². The molecule has 0 heterocycles. The standard InChI is InChI=1S/C22H29N3O4S/c1-4-20(22(27)23-2)24(16-15-18-11-7-5-8-12-18)21(26)17-25(30(3,28)29)19-13-9-6-10-14-19/h5-14,20H,4,15-17H2,1-3H3,(H,23,27). The summed E-state index contributed by atoms with van der Waals surface area (Å²) in [5.74, 6) is -0.694. The quantitative estimate of drug-likeness (QED) is 0.624. The zero-order valence-electron chi connectivity index (χ0n) is 17.6. The van der Waals surface area contributed by atoms with Gasteiger partial charge in [0.15, 0.2) is 0 Å². The van der Waals surface area contributed by atoms with Crippen LogP contribution in [-0.2, 0) is 26.0 Å². The summed E-state index contributed by atoms with van der Waals surface area (Å²) in [5, 5.41) is 2.60. The molecule has 2 aromatic rings. The summed E-state index contributed by atoms with van der Waals surface area (Å²) in [6, 6.07) is 17.4. The van der Waals surface area contributed by atoms with Crippen LogP contribution < -0.4 is 9.62 Å². The number of benzene rings is 2.